The van der Waals surface area contributed by atoms with Crippen LogP contribution in [0.15, 0.2) is 0 Å². The predicted octanol–water partition coefficient (Wildman–Crippen LogP) is 0.748. The molecule has 1 atom stereocenters. The first-order chi connectivity index (χ1) is 5.44. The average molecular weight is 194 g/mol. The molecule has 0 aromatic heterocycles. The number of amides is 1. The molecule has 0 saturated heterocycles. The molecule has 0 radical (unpaired) electrons. The number of alkyl halides is 1. The molecule has 3 nitrogen and oxygen atoms in total. The van der Waals surface area contributed by atoms with Crippen LogP contribution in [0.3, 0.4) is 0 Å². The van der Waals surface area contributed by atoms with Gasteiger partial charge in [0.1, 0.15) is 0 Å². The molecule has 0 aromatic carbocycles. The molecule has 0 aliphatic heterocycles. The van der Waals surface area contributed by atoms with Crippen molar-refractivity contribution < 1.29 is 9.90 Å². The van der Waals surface area contributed by atoms with Crippen molar-refractivity contribution >= 4 is 17.5 Å². The molecule has 72 valence electrons. The topological polar surface area (TPSA) is 49.3 Å². The number of carbonyl (C=O) groups is 1. The van der Waals surface area contributed by atoms with Gasteiger partial charge in [0, 0.05) is 11.9 Å². The Morgan fingerprint density at radius 2 is 2.17 bits per heavy atom. The van der Waals surface area contributed by atoms with E-state index in [-0.39, 0.29) is 24.4 Å². The van der Waals surface area contributed by atoms with Crippen molar-refractivity contribution in [2.24, 2.45) is 5.41 Å². The zero-order valence-corrected chi connectivity index (χ0v) is 8.48. The van der Waals surface area contributed by atoms with Crippen molar-refractivity contribution in [3.05, 3.63) is 0 Å². The van der Waals surface area contributed by atoms with Crippen molar-refractivity contribution in [1.82, 2.24) is 5.32 Å². The third-order valence-corrected chi connectivity index (χ3v) is 2.27. The molecule has 0 fully saturated rings. The molecular formula is C8H16ClNO2. The predicted molar refractivity (Wildman–Crippen MR) is 49.2 cm³/mol. The number of aliphatic hydroxyl groups excluding tert-OH is 1. The van der Waals surface area contributed by atoms with Crippen molar-refractivity contribution in [1.29, 1.82) is 0 Å². The number of rotatable bonds is 4. The fraction of sp³-hybridized carbons (Fsp3) is 0.875. The van der Waals surface area contributed by atoms with E-state index in [0.717, 1.165) is 0 Å². The second-order valence-electron chi connectivity index (χ2n) is 3.57. The minimum absolute atomic E-state index is 0.0515. The average Bonchev–Trinajstić information content (AvgIpc) is 2.04. The fourth-order valence-electron chi connectivity index (χ4n) is 0.525. The molecule has 2 N–H and O–H groups in total. The number of aliphatic hydroxyl groups is 1. The van der Waals surface area contributed by atoms with Crippen LogP contribution in [0.2, 0.25) is 0 Å². The lowest BCUT2D eigenvalue weighted by Crippen LogP contribution is -2.43. The Morgan fingerprint density at radius 1 is 1.67 bits per heavy atom. The van der Waals surface area contributed by atoms with Gasteiger partial charge in [-0.25, -0.2) is 0 Å². The van der Waals surface area contributed by atoms with E-state index < -0.39 is 5.41 Å². The number of hydrogen-bond donors (Lipinski definition) is 2. The molecule has 1 amide bonds. The zero-order valence-electron chi connectivity index (χ0n) is 7.72. The van der Waals surface area contributed by atoms with E-state index in [2.05, 4.69) is 5.32 Å². The highest BCUT2D eigenvalue weighted by Gasteiger charge is 2.26. The van der Waals surface area contributed by atoms with Gasteiger partial charge in [0.25, 0.3) is 0 Å². The Hall–Kier alpha value is -0.280. The summed E-state index contributed by atoms with van der Waals surface area (Å²) >= 11 is 5.59. The summed E-state index contributed by atoms with van der Waals surface area (Å²) in [5.41, 5.74) is -0.564. The molecule has 0 spiro atoms. The summed E-state index contributed by atoms with van der Waals surface area (Å²) in [6, 6.07) is -0.208. The maximum absolute atomic E-state index is 11.4. The monoisotopic (exact) mass is 193 g/mol. The lowest BCUT2D eigenvalue weighted by molar-refractivity contribution is -0.129. The van der Waals surface area contributed by atoms with Crippen LogP contribution in [0, 0.1) is 5.41 Å². The molecule has 0 aliphatic rings. The summed E-state index contributed by atoms with van der Waals surface area (Å²) < 4.78 is 0. The van der Waals surface area contributed by atoms with Gasteiger partial charge in [0.15, 0.2) is 0 Å². The summed E-state index contributed by atoms with van der Waals surface area (Å²) in [6.45, 7) is 5.21. The lowest BCUT2D eigenvalue weighted by atomic mass is 9.95. The van der Waals surface area contributed by atoms with Gasteiger partial charge in [-0.15, -0.1) is 11.6 Å². The lowest BCUT2D eigenvalue weighted by Gasteiger charge is -2.22. The summed E-state index contributed by atoms with van der Waals surface area (Å²) in [6.07, 6.45) is 0. The first kappa shape index (κ1) is 11.7. The Bertz CT molecular complexity index is 159. The SMILES string of the molecule is CC(CO)NC(=O)C(C)(C)CCl. The highest BCUT2D eigenvalue weighted by molar-refractivity contribution is 6.19. The van der Waals surface area contributed by atoms with Crippen LogP contribution in [0.4, 0.5) is 0 Å². The van der Waals surface area contributed by atoms with Crippen molar-refractivity contribution in [3.8, 4) is 0 Å². The zero-order chi connectivity index (χ0) is 9.78. The minimum Gasteiger partial charge on any atom is -0.394 e. The smallest absolute Gasteiger partial charge is 0.227 e. The number of hydrogen-bond acceptors (Lipinski definition) is 2. The molecule has 0 aromatic rings. The maximum atomic E-state index is 11.4. The van der Waals surface area contributed by atoms with Crippen molar-refractivity contribution in [2.75, 3.05) is 12.5 Å². The number of carbonyl (C=O) groups excluding carboxylic acids is 1. The van der Waals surface area contributed by atoms with Gasteiger partial charge >= 0.3 is 0 Å². The van der Waals surface area contributed by atoms with Gasteiger partial charge in [0.05, 0.1) is 12.0 Å². The van der Waals surface area contributed by atoms with E-state index in [4.69, 9.17) is 16.7 Å². The van der Waals surface area contributed by atoms with Gasteiger partial charge in [-0.3, -0.25) is 4.79 Å². The van der Waals surface area contributed by atoms with Crippen molar-refractivity contribution in [2.45, 2.75) is 26.8 Å². The van der Waals surface area contributed by atoms with E-state index in [1.807, 2.05) is 0 Å². The standard InChI is InChI=1S/C8H16ClNO2/c1-6(4-11)10-7(12)8(2,3)5-9/h6,11H,4-5H2,1-3H3,(H,10,12). The van der Waals surface area contributed by atoms with E-state index >= 15 is 0 Å². The summed E-state index contributed by atoms with van der Waals surface area (Å²) in [5.74, 6) is 0.149. The second kappa shape index (κ2) is 4.67. The van der Waals surface area contributed by atoms with Crippen LogP contribution in [-0.4, -0.2) is 29.5 Å². The Balaban J connectivity index is 4.03. The van der Waals surface area contributed by atoms with Crippen LogP contribution in [0.25, 0.3) is 0 Å². The van der Waals surface area contributed by atoms with Crippen LogP contribution >= 0.6 is 11.6 Å². The van der Waals surface area contributed by atoms with E-state index in [1.165, 1.54) is 0 Å². The molecule has 0 saturated carbocycles. The Kier molecular flexibility index (Phi) is 4.57. The second-order valence-corrected chi connectivity index (χ2v) is 3.84. The van der Waals surface area contributed by atoms with E-state index in [0.29, 0.717) is 0 Å². The molecule has 0 rings (SSSR count). The maximum Gasteiger partial charge on any atom is 0.227 e. The van der Waals surface area contributed by atoms with E-state index in [9.17, 15) is 4.79 Å². The first-order valence-corrected chi connectivity index (χ1v) is 4.45. The van der Waals surface area contributed by atoms with Gasteiger partial charge in [0.2, 0.25) is 5.91 Å². The molecule has 0 aliphatic carbocycles. The largest absolute Gasteiger partial charge is 0.394 e. The summed E-state index contributed by atoms with van der Waals surface area (Å²) in [7, 11) is 0. The first-order valence-electron chi connectivity index (χ1n) is 3.92. The Morgan fingerprint density at radius 3 is 2.50 bits per heavy atom. The van der Waals surface area contributed by atoms with Gasteiger partial charge < -0.3 is 10.4 Å². The molecular weight excluding hydrogens is 178 g/mol. The molecule has 4 heteroatoms. The van der Waals surface area contributed by atoms with E-state index in [1.54, 1.807) is 20.8 Å². The third kappa shape index (κ3) is 3.41. The van der Waals surface area contributed by atoms with Crippen molar-refractivity contribution in [3.63, 3.8) is 0 Å². The highest BCUT2D eigenvalue weighted by atomic mass is 35.5. The van der Waals surface area contributed by atoms with Crippen LogP contribution in [0.5, 0.6) is 0 Å². The van der Waals surface area contributed by atoms with Crippen LogP contribution in [0.1, 0.15) is 20.8 Å². The Labute approximate surface area is 78.1 Å². The molecule has 1 unspecified atom stereocenters. The van der Waals surface area contributed by atoms with Gasteiger partial charge in [-0.2, -0.15) is 0 Å². The quantitative estimate of drug-likeness (QED) is 0.648. The van der Waals surface area contributed by atoms with Gasteiger partial charge in [-0.05, 0) is 20.8 Å². The van der Waals surface area contributed by atoms with Gasteiger partial charge in [-0.1, -0.05) is 0 Å². The highest BCUT2D eigenvalue weighted by Crippen LogP contribution is 2.16. The minimum atomic E-state index is -0.564. The molecule has 0 heterocycles. The normalized spacial score (nSPS) is 14.1. The third-order valence-electron chi connectivity index (χ3n) is 1.60. The summed E-state index contributed by atoms with van der Waals surface area (Å²) in [4.78, 5) is 11.4. The van der Waals surface area contributed by atoms with Crippen LogP contribution < -0.4 is 5.32 Å². The molecule has 0 bridgehead atoms. The number of nitrogens with one attached hydrogen (secondary N) is 1. The van der Waals surface area contributed by atoms with Crippen LogP contribution in [-0.2, 0) is 4.79 Å². The number of halogens is 1. The fourth-order valence-corrected chi connectivity index (χ4v) is 0.647. The molecule has 12 heavy (non-hydrogen) atoms. The summed E-state index contributed by atoms with van der Waals surface area (Å²) in [5, 5.41) is 11.3.